The molecular formula is C42H53N3O6Si. The molecule has 2 saturated heterocycles. The van der Waals surface area contributed by atoms with E-state index in [-0.39, 0.29) is 48.8 Å². The average molecular weight is 724 g/mol. The maximum Gasteiger partial charge on any atom is 0.264 e. The number of amides is 3. The molecule has 0 aromatic heterocycles. The number of rotatable bonds is 12. The van der Waals surface area contributed by atoms with Gasteiger partial charge in [0.05, 0.1) is 40.0 Å². The number of aliphatic hydroxyl groups excluding tert-OH is 1. The van der Waals surface area contributed by atoms with E-state index in [9.17, 15) is 19.5 Å². The smallest absolute Gasteiger partial charge is 0.264 e. The lowest BCUT2D eigenvalue weighted by Crippen LogP contribution is -2.52. The number of hydrogen-bond acceptors (Lipinski definition) is 6. The predicted molar refractivity (Wildman–Crippen MR) is 208 cm³/mol. The fraction of sp³-hybridized carbons (Fsp3) is 0.452. The lowest BCUT2D eigenvalue weighted by atomic mass is 9.82. The van der Waals surface area contributed by atoms with Gasteiger partial charge in [0, 0.05) is 49.8 Å². The molecule has 3 aliphatic heterocycles. The van der Waals surface area contributed by atoms with Crippen LogP contribution in [-0.4, -0.2) is 75.3 Å². The summed E-state index contributed by atoms with van der Waals surface area (Å²) in [6.45, 7) is 12.0. The van der Waals surface area contributed by atoms with Crippen LogP contribution in [-0.2, 0) is 31.3 Å². The Balaban J connectivity index is 1.45. The van der Waals surface area contributed by atoms with Gasteiger partial charge < -0.3 is 29.3 Å². The Morgan fingerprint density at radius 3 is 2.48 bits per heavy atom. The van der Waals surface area contributed by atoms with Crippen LogP contribution in [0.4, 0.5) is 11.4 Å². The molecule has 2 fully saturated rings. The molecule has 3 aromatic rings. The molecule has 0 radical (unpaired) electrons. The largest absolute Gasteiger partial charge is 0.497 e. The molecule has 3 aromatic carbocycles. The Kier molecular flexibility index (Phi) is 11.4. The number of aliphatic hydroxyl groups is 1. The zero-order chi connectivity index (χ0) is 37.0. The van der Waals surface area contributed by atoms with Gasteiger partial charge in [0.15, 0.2) is 5.60 Å². The van der Waals surface area contributed by atoms with Gasteiger partial charge in [-0.25, -0.2) is 0 Å². The Bertz CT molecular complexity index is 1760. The molecule has 0 unspecified atom stereocenters. The van der Waals surface area contributed by atoms with Crippen molar-refractivity contribution in [3.63, 3.8) is 0 Å². The zero-order valence-corrected chi connectivity index (χ0v) is 32.1. The lowest BCUT2D eigenvalue weighted by Gasteiger charge is -2.37. The molecular weight excluding hydrogens is 671 g/mol. The van der Waals surface area contributed by atoms with Gasteiger partial charge in [-0.1, -0.05) is 86.6 Å². The van der Waals surface area contributed by atoms with E-state index < -0.39 is 19.8 Å². The Morgan fingerprint density at radius 1 is 1.06 bits per heavy atom. The summed E-state index contributed by atoms with van der Waals surface area (Å²) in [5.74, 6) is 0.249. The molecule has 4 atom stereocenters. The molecule has 0 aliphatic carbocycles. The second-order valence-electron chi connectivity index (χ2n) is 15.0. The second-order valence-corrected chi connectivity index (χ2v) is 19.7. The summed E-state index contributed by atoms with van der Waals surface area (Å²) >= 11 is 0. The van der Waals surface area contributed by atoms with Gasteiger partial charge >= 0.3 is 0 Å². The minimum atomic E-state index is -2.51. The molecule has 52 heavy (non-hydrogen) atoms. The highest BCUT2D eigenvalue weighted by atomic mass is 28.3. The van der Waals surface area contributed by atoms with Gasteiger partial charge in [-0.15, -0.1) is 6.58 Å². The molecule has 0 saturated carbocycles. The number of carbonyl (C=O) groups is 3. The summed E-state index contributed by atoms with van der Waals surface area (Å²) in [6, 6.07) is 23.8. The van der Waals surface area contributed by atoms with Crippen molar-refractivity contribution in [1.82, 2.24) is 4.90 Å². The quantitative estimate of drug-likeness (QED) is 0.178. The molecule has 1 spiro atoms. The van der Waals surface area contributed by atoms with E-state index in [1.807, 2.05) is 65.6 Å². The number of nitrogens with zero attached hydrogens (tertiary/aromatic N) is 3. The average Bonchev–Trinajstić information content (AvgIpc) is 3.56. The van der Waals surface area contributed by atoms with Crippen molar-refractivity contribution < 1.29 is 29.0 Å². The van der Waals surface area contributed by atoms with Crippen LogP contribution in [0.5, 0.6) is 5.75 Å². The zero-order valence-electron chi connectivity index (χ0n) is 31.1. The predicted octanol–water partition coefficient (Wildman–Crippen LogP) is 6.15. The van der Waals surface area contributed by atoms with Gasteiger partial charge in [0.1, 0.15) is 5.75 Å². The van der Waals surface area contributed by atoms with Crippen molar-refractivity contribution in [2.75, 3.05) is 43.2 Å². The van der Waals surface area contributed by atoms with E-state index in [0.29, 0.717) is 26.1 Å². The summed E-state index contributed by atoms with van der Waals surface area (Å²) in [5, 5.41) is 11.2. The van der Waals surface area contributed by atoms with Crippen LogP contribution < -0.4 is 19.7 Å². The SMILES string of the molecule is C=CCN1C(=O)[C@]2(O[C@H](CC(=O)N(CCO)Cc3ccccc3)[C@@H]([Si](C)(C)c3ccc(OC)cc3)[C@@H]2C)c2cc(N3CCCCCCC3=O)ccc21. The van der Waals surface area contributed by atoms with Crippen LogP contribution in [0.25, 0.3) is 0 Å². The van der Waals surface area contributed by atoms with Gasteiger partial charge in [0.25, 0.3) is 5.91 Å². The Morgan fingerprint density at radius 2 is 1.79 bits per heavy atom. The molecule has 10 heteroatoms. The maximum absolute atomic E-state index is 15.0. The second kappa shape index (κ2) is 15.8. The molecule has 3 amide bonds. The highest BCUT2D eigenvalue weighted by molar-refractivity contribution is 6.91. The molecule has 1 N–H and O–H groups in total. The van der Waals surface area contributed by atoms with E-state index in [1.165, 1.54) is 5.19 Å². The van der Waals surface area contributed by atoms with E-state index in [4.69, 9.17) is 9.47 Å². The van der Waals surface area contributed by atoms with Crippen LogP contribution in [0.2, 0.25) is 18.6 Å². The normalized spacial score (nSPS) is 23.4. The number of methoxy groups -OCH3 is 1. The first kappa shape index (κ1) is 37.5. The van der Waals surface area contributed by atoms with Gasteiger partial charge in [0.2, 0.25) is 11.8 Å². The first-order valence-corrected chi connectivity index (χ1v) is 21.8. The highest BCUT2D eigenvalue weighted by Gasteiger charge is 2.66. The van der Waals surface area contributed by atoms with Gasteiger partial charge in [-0.3, -0.25) is 14.4 Å². The summed E-state index contributed by atoms with van der Waals surface area (Å²) < 4.78 is 12.7. The Labute approximate surface area is 309 Å². The maximum atomic E-state index is 15.0. The van der Waals surface area contributed by atoms with Crippen LogP contribution >= 0.6 is 0 Å². The molecule has 0 bridgehead atoms. The lowest BCUT2D eigenvalue weighted by molar-refractivity contribution is -0.149. The molecule has 276 valence electrons. The van der Waals surface area contributed by atoms with Crippen molar-refractivity contribution in [3.05, 3.63) is 96.6 Å². The molecule has 9 nitrogen and oxygen atoms in total. The van der Waals surface area contributed by atoms with Crippen molar-refractivity contribution in [3.8, 4) is 5.75 Å². The summed E-state index contributed by atoms with van der Waals surface area (Å²) in [6.07, 6.45) is 5.61. The third kappa shape index (κ3) is 6.96. The first-order valence-electron chi connectivity index (χ1n) is 18.7. The summed E-state index contributed by atoms with van der Waals surface area (Å²) in [4.78, 5) is 48.0. The van der Waals surface area contributed by atoms with Crippen LogP contribution in [0, 0.1) is 5.92 Å². The van der Waals surface area contributed by atoms with Gasteiger partial charge in [-0.05, 0) is 54.3 Å². The van der Waals surface area contributed by atoms with E-state index in [1.54, 1.807) is 23.0 Å². The van der Waals surface area contributed by atoms with Crippen LogP contribution in [0.15, 0.2) is 85.5 Å². The summed E-state index contributed by atoms with van der Waals surface area (Å²) in [7, 11) is -0.863. The number of hydrogen-bond donors (Lipinski definition) is 1. The number of anilines is 2. The van der Waals surface area contributed by atoms with Crippen molar-refractivity contribution >= 4 is 42.4 Å². The number of benzene rings is 3. The van der Waals surface area contributed by atoms with E-state index in [2.05, 4.69) is 38.7 Å². The van der Waals surface area contributed by atoms with Crippen LogP contribution in [0.1, 0.15) is 56.6 Å². The summed E-state index contributed by atoms with van der Waals surface area (Å²) in [5.41, 5.74) is 1.72. The first-order chi connectivity index (χ1) is 25.1. The fourth-order valence-corrected chi connectivity index (χ4v) is 12.9. The van der Waals surface area contributed by atoms with Crippen molar-refractivity contribution in [2.45, 2.75) is 82.3 Å². The number of carbonyl (C=O) groups excluding carboxylic acids is 3. The molecule has 3 aliphatic rings. The molecule has 6 rings (SSSR count). The van der Waals surface area contributed by atoms with Gasteiger partial charge in [-0.2, -0.15) is 0 Å². The highest BCUT2D eigenvalue weighted by Crippen LogP contribution is 2.60. The van der Waals surface area contributed by atoms with E-state index >= 15 is 0 Å². The minimum absolute atomic E-state index is 0.0601. The third-order valence-electron chi connectivity index (χ3n) is 11.6. The number of fused-ring (bicyclic) bond motifs is 2. The standard InChI is InChI=1S/C42H53N3O6Si/c1-6-23-45-36-22-17-32(44-24-13-8-7-12-16-38(44)47)27-35(36)42(41(45)49)30(2)40(52(4,5)34-20-18-33(50-3)19-21-34)37(51-42)28-39(48)43(25-26-46)29-31-14-10-9-11-15-31/h6,9-11,14-15,17-22,27,30,37,40,46H,1,7-8,12-13,16,23-26,28-29H2,2-5H3/t30-,37+,40-,42+/m0/s1. The minimum Gasteiger partial charge on any atom is -0.497 e. The Hall–Kier alpha value is -4.25. The number of ether oxygens (including phenoxy) is 2. The van der Waals surface area contributed by atoms with Crippen molar-refractivity contribution in [1.29, 1.82) is 0 Å². The monoisotopic (exact) mass is 723 g/mol. The third-order valence-corrected chi connectivity index (χ3v) is 15.9. The topological polar surface area (TPSA) is 99.6 Å². The van der Waals surface area contributed by atoms with E-state index in [0.717, 1.165) is 53.9 Å². The van der Waals surface area contributed by atoms with Crippen LogP contribution in [0.3, 0.4) is 0 Å². The fourth-order valence-electron chi connectivity index (χ4n) is 8.93. The van der Waals surface area contributed by atoms with Crippen molar-refractivity contribution in [2.24, 2.45) is 5.92 Å². The molecule has 3 heterocycles.